The van der Waals surface area contributed by atoms with Crippen LogP contribution in [-0.4, -0.2) is 53.7 Å². The molecule has 1 fully saturated rings. The molecule has 1 saturated heterocycles. The van der Waals surface area contributed by atoms with Crippen molar-refractivity contribution in [3.63, 3.8) is 0 Å². The molecule has 4 rings (SSSR count). The molecule has 0 saturated carbocycles. The Morgan fingerprint density at radius 1 is 0.938 bits per heavy atom. The molecular weight excluding hydrogens is 458 g/mol. The molecule has 1 aliphatic heterocycles. The summed E-state index contributed by atoms with van der Waals surface area (Å²) in [5, 5.41) is 7.80. The van der Waals surface area contributed by atoms with Crippen molar-refractivity contribution >= 4 is 37.8 Å². The zero-order valence-corrected chi connectivity index (χ0v) is 19.7. The van der Waals surface area contributed by atoms with Crippen LogP contribution in [0, 0.1) is 5.41 Å². The second-order valence-corrected chi connectivity index (χ2v) is 11.1. The molecule has 174 valence electrons. The summed E-state index contributed by atoms with van der Waals surface area (Å²) in [6.07, 6.45) is 7.90. The molecule has 0 spiro atoms. The standard InChI is InChI=1S/C13H7F2NO4S2.C9H20N/c14-21(17,18)11-6-9-8-4-2-1-3-7(8)5-10(9)12(16)13(11)22(15,19)20;1-3-7-10(2)8-5-4-6-9-10/h1-6,16H;3-9H2,1-2H3/q;+1. The molecule has 3 aliphatic rings. The SMILES string of the molecule is CCC[N+]1(C)CCCCC1.N=C1C2=Cc3ccccc3C2=CC(S(=O)(=O)F)=C1S(=O)(=O)F. The van der Waals surface area contributed by atoms with Gasteiger partial charge in [-0.15, -0.1) is 7.77 Å². The predicted octanol–water partition coefficient (Wildman–Crippen LogP) is 4.34. The number of hydrogen-bond acceptors (Lipinski definition) is 5. The van der Waals surface area contributed by atoms with Gasteiger partial charge < -0.3 is 4.48 Å². The first-order chi connectivity index (χ1) is 14.9. The molecule has 0 atom stereocenters. The van der Waals surface area contributed by atoms with Crippen LogP contribution in [0.5, 0.6) is 0 Å². The van der Waals surface area contributed by atoms with Crippen LogP contribution in [-0.2, 0) is 20.4 Å². The summed E-state index contributed by atoms with van der Waals surface area (Å²) in [7, 11) is -8.69. The van der Waals surface area contributed by atoms with Crippen LogP contribution in [0.4, 0.5) is 7.77 Å². The smallest absolute Gasteiger partial charge is 0.326 e. The van der Waals surface area contributed by atoms with Crippen molar-refractivity contribution in [1.82, 2.24) is 0 Å². The van der Waals surface area contributed by atoms with Gasteiger partial charge in [-0.3, -0.25) is 5.41 Å². The highest BCUT2D eigenvalue weighted by Gasteiger charge is 2.39. The van der Waals surface area contributed by atoms with E-state index in [1.165, 1.54) is 55.9 Å². The second-order valence-electron chi connectivity index (χ2n) is 8.50. The van der Waals surface area contributed by atoms with Crippen LogP contribution in [0.1, 0.15) is 43.7 Å². The van der Waals surface area contributed by atoms with Gasteiger partial charge in [0, 0.05) is 5.57 Å². The Balaban J connectivity index is 0.000000243. The molecule has 6 nitrogen and oxygen atoms in total. The maximum absolute atomic E-state index is 13.4. The minimum Gasteiger partial charge on any atom is -0.326 e. The van der Waals surface area contributed by atoms with E-state index in [0.29, 0.717) is 11.1 Å². The number of nitrogens with one attached hydrogen (secondary N) is 1. The number of allylic oxidation sites excluding steroid dienone is 4. The third-order valence-corrected chi connectivity index (χ3v) is 7.89. The van der Waals surface area contributed by atoms with E-state index in [1.54, 1.807) is 24.3 Å². The van der Waals surface area contributed by atoms with E-state index in [0.717, 1.165) is 6.08 Å². The Morgan fingerprint density at radius 3 is 2.12 bits per heavy atom. The highest BCUT2D eigenvalue weighted by Crippen LogP contribution is 2.43. The van der Waals surface area contributed by atoms with Crippen molar-refractivity contribution in [3.05, 3.63) is 56.9 Å². The normalized spacial score (nSPS) is 19.9. The molecular formula is C22H27F2N2O4S2+. The van der Waals surface area contributed by atoms with Gasteiger partial charge in [0.1, 0.15) is 9.81 Å². The van der Waals surface area contributed by atoms with Crippen molar-refractivity contribution < 1.29 is 29.1 Å². The van der Waals surface area contributed by atoms with Crippen molar-refractivity contribution in [2.75, 3.05) is 26.7 Å². The first-order valence-electron chi connectivity index (χ1n) is 10.5. The van der Waals surface area contributed by atoms with E-state index >= 15 is 0 Å². The fraction of sp³-hybridized carbons (Fsp3) is 0.409. The zero-order chi connectivity index (χ0) is 23.7. The number of piperidine rings is 1. The fourth-order valence-corrected chi connectivity index (χ4v) is 6.35. The number of fused-ring (bicyclic) bond motifs is 3. The summed E-state index contributed by atoms with van der Waals surface area (Å²) >= 11 is 0. The molecule has 0 bridgehead atoms. The Hall–Kier alpha value is -2.17. The molecule has 0 radical (unpaired) electrons. The van der Waals surface area contributed by atoms with Crippen molar-refractivity contribution in [3.8, 4) is 0 Å². The highest BCUT2D eigenvalue weighted by molar-refractivity contribution is 7.95. The lowest BCUT2D eigenvalue weighted by Gasteiger charge is -2.37. The molecule has 1 aromatic rings. The monoisotopic (exact) mass is 485 g/mol. The summed E-state index contributed by atoms with van der Waals surface area (Å²) in [4.78, 5) is -2.83. The Kier molecular flexibility index (Phi) is 6.88. The lowest BCUT2D eigenvalue weighted by Crippen LogP contribution is -2.48. The predicted molar refractivity (Wildman–Crippen MR) is 122 cm³/mol. The van der Waals surface area contributed by atoms with Crippen LogP contribution in [0.3, 0.4) is 0 Å². The van der Waals surface area contributed by atoms with Crippen LogP contribution < -0.4 is 0 Å². The topological polar surface area (TPSA) is 92.1 Å². The minimum atomic E-state index is -5.58. The van der Waals surface area contributed by atoms with Gasteiger partial charge in [0.15, 0.2) is 0 Å². The number of rotatable bonds is 4. The molecule has 1 heterocycles. The van der Waals surface area contributed by atoms with Crippen LogP contribution in [0.15, 0.2) is 45.7 Å². The van der Waals surface area contributed by atoms with Gasteiger partial charge in [0.25, 0.3) is 0 Å². The van der Waals surface area contributed by atoms with Crippen molar-refractivity contribution in [2.24, 2.45) is 0 Å². The van der Waals surface area contributed by atoms with Gasteiger partial charge in [-0.1, -0.05) is 31.2 Å². The maximum Gasteiger partial charge on any atom is 0.335 e. The summed E-state index contributed by atoms with van der Waals surface area (Å²) in [6, 6.07) is 6.59. The number of nitrogens with zero attached hydrogens (tertiary/aromatic N) is 1. The highest BCUT2D eigenvalue weighted by atomic mass is 32.3. The quantitative estimate of drug-likeness (QED) is 0.507. The van der Waals surface area contributed by atoms with Gasteiger partial charge in [-0.25, -0.2) is 0 Å². The molecule has 1 aromatic carbocycles. The summed E-state index contributed by atoms with van der Waals surface area (Å²) < 4.78 is 72.8. The van der Waals surface area contributed by atoms with E-state index in [1.807, 2.05) is 0 Å². The van der Waals surface area contributed by atoms with Gasteiger partial charge in [-0.2, -0.15) is 16.8 Å². The third kappa shape index (κ3) is 5.07. The zero-order valence-electron chi connectivity index (χ0n) is 18.1. The van der Waals surface area contributed by atoms with Crippen molar-refractivity contribution in [1.29, 1.82) is 5.41 Å². The molecule has 10 heteroatoms. The first kappa shape index (κ1) is 24.5. The van der Waals surface area contributed by atoms with Crippen LogP contribution in [0.25, 0.3) is 11.6 Å². The Morgan fingerprint density at radius 2 is 1.56 bits per heavy atom. The summed E-state index contributed by atoms with van der Waals surface area (Å²) in [5.74, 6) is 0. The number of likely N-dealkylation sites (tertiary alicyclic amines) is 1. The van der Waals surface area contributed by atoms with Crippen LogP contribution >= 0.6 is 0 Å². The Bertz CT molecular complexity index is 1230. The fourth-order valence-electron chi connectivity index (χ4n) is 4.51. The lowest BCUT2D eigenvalue weighted by molar-refractivity contribution is -0.914. The van der Waals surface area contributed by atoms with E-state index in [4.69, 9.17) is 5.41 Å². The van der Waals surface area contributed by atoms with Crippen molar-refractivity contribution in [2.45, 2.75) is 32.6 Å². The van der Waals surface area contributed by atoms with Gasteiger partial charge >= 0.3 is 20.4 Å². The number of halogens is 2. The number of quaternary nitrogens is 1. The maximum atomic E-state index is 13.4. The average molecular weight is 486 g/mol. The first-order valence-corrected chi connectivity index (χ1v) is 13.2. The summed E-state index contributed by atoms with van der Waals surface area (Å²) in [5.41, 5.74) is 0.432. The number of benzene rings is 1. The van der Waals surface area contributed by atoms with Gasteiger partial charge in [-0.05, 0) is 54.5 Å². The van der Waals surface area contributed by atoms with E-state index in [-0.39, 0.29) is 11.1 Å². The minimum absolute atomic E-state index is 0.0322. The molecule has 32 heavy (non-hydrogen) atoms. The molecule has 2 aliphatic carbocycles. The molecule has 0 amide bonds. The molecule has 0 unspecified atom stereocenters. The molecule has 0 aromatic heterocycles. The number of hydrogen-bond donors (Lipinski definition) is 1. The van der Waals surface area contributed by atoms with E-state index < -0.39 is 36.0 Å². The third-order valence-electron chi connectivity index (χ3n) is 6.00. The lowest BCUT2D eigenvalue weighted by atomic mass is 9.95. The van der Waals surface area contributed by atoms with Gasteiger partial charge in [0.05, 0.1) is 32.4 Å². The van der Waals surface area contributed by atoms with Crippen LogP contribution in [0.2, 0.25) is 0 Å². The van der Waals surface area contributed by atoms with E-state index in [2.05, 4.69) is 14.0 Å². The second kappa shape index (κ2) is 8.99. The molecule has 1 N–H and O–H groups in total. The largest absolute Gasteiger partial charge is 0.335 e. The van der Waals surface area contributed by atoms with E-state index in [9.17, 15) is 24.6 Å². The average Bonchev–Trinajstić information content (AvgIpc) is 3.07. The van der Waals surface area contributed by atoms with Gasteiger partial charge in [0.2, 0.25) is 0 Å². The summed E-state index contributed by atoms with van der Waals surface area (Å²) in [6.45, 7) is 6.53. The Labute approximate surface area is 188 Å².